The summed E-state index contributed by atoms with van der Waals surface area (Å²) in [5.74, 6) is 0.175. The lowest BCUT2D eigenvalue weighted by molar-refractivity contribution is 0.0584. The number of hydrogen-bond donors (Lipinski definition) is 1. The van der Waals surface area contributed by atoms with Crippen LogP contribution in [0.25, 0.3) is 0 Å². The van der Waals surface area contributed by atoms with Gasteiger partial charge in [0, 0.05) is 44.3 Å². The molecule has 1 aromatic carbocycles. The molecule has 0 spiro atoms. The molecule has 1 N–H and O–H groups in total. The van der Waals surface area contributed by atoms with Gasteiger partial charge in [0.05, 0.1) is 0 Å². The molecule has 2 saturated heterocycles. The van der Waals surface area contributed by atoms with Crippen LogP contribution in [0.2, 0.25) is 0 Å². The molecular formula is C16H24ClN3O. The smallest absolute Gasteiger partial charge is 0.253 e. The highest BCUT2D eigenvalue weighted by Gasteiger charge is 2.27. The van der Waals surface area contributed by atoms with E-state index >= 15 is 0 Å². The molecule has 21 heavy (non-hydrogen) atoms. The molecule has 4 nitrogen and oxygen atoms in total. The van der Waals surface area contributed by atoms with E-state index < -0.39 is 0 Å². The summed E-state index contributed by atoms with van der Waals surface area (Å²) < 4.78 is 0. The van der Waals surface area contributed by atoms with Gasteiger partial charge < -0.3 is 10.2 Å². The minimum absolute atomic E-state index is 0. The first kappa shape index (κ1) is 16.3. The highest BCUT2D eigenvalue weighted by Crippen LogP contribution is 2.14. The Hall–Kier alpha value is -1.10. The van der Waals surface area contributed by atoms with Gasteiger partial charge in [-0.3, -0.25) is 9.69 Å². The Labute approximate surface area is 132 Å². The number of halogens is 1. The Balaban J connectivity index is 0.00000161. The first-order chi connectivity index (χ1) is 9.74. The van der Waals surface area contributed by atoms with Crippen molar-refractivity contribution in [3.63, 3.8) is 0 Å². The summed E-state index contributed by atoms with van der Waals surface area (Å²) in [7, 11) is 0. The maximum atomic E-state index is 12.4. The monoisotopic (exact) mass is 309 g/mol. The molecule has 0 aromatic heterocycles. The highest BCUT2D eigenvalue weighted by atomic mass is 35.5. The number of amides is 1. The standard InChI is InChI=1S/C16H23N3O.ClH/c1-13-2-4-14(5-3-13)16(20)19-10-8-18(9-11-19)15-6-7-17-12-15;/h2-5,15,17H,6-12H2,1H3;1H. The lowest BCUT2D eigenvalue weighted by Gasteiger charge is -2.37. The molecule has 0 aliphatic carbocycles. The summed E-state index contributed by atoms with van der Waals surface area (Å²) >= 11 is 0. The lowest BCUT2D eigenvalue weighted by atomic mass is 10.1. The first-order valence-corrected chi connectivity index (χ1v) is 7.55. The van der Waals surface area contributed by atoms with Crippen molar-refractivity contribution in [2.75, 3.05) is 39.3 Å². The van der Waals surface area contributed by atoms with Crippen molar-refractivity contribution in [1.29, 1.82) is 0 Å². The summed E-state index contributed by atoms with van der Waals surface area (Å²) in [4.78, 5) is 17.0. The van der Waals surface area contributed by atoms with Crippen LogP contribution in [0.5, 0.6) is 0 Å². The molecule has 0 saturated carbocycles. The molecule has 5 heteroatoms. The highest BCUT2D eigenvalue weighted by molar-refractivity contribution is 5.94. The predicted octanol–water partition coefficient (Wildman–Crippen LogP) is 1.54. The van der Waals surface area contributed by atoms with E-state index in [1.165, 1.54) is 12.0 Å². The average Bonchev–Trinajstić information content (AvgIpc) is 3.02. The van der Waals surface area contributed by atoms with Crippen LogP contribution < -0.4 is 5.32 Å². The zero-order chi connectivity index (χ0) is 13.9. The minimum Gasteiger partial charge on any atom is -0.336 e. The number of nitrogens with one attached hydrogen (secondary N) is 1. The van der Waals surface area contributed by atoms with Crippen LogP contribution in [0.3, 0.4) is 0 Å². The van der Waals surface area contributed by atoms with Gasteiger partial charge in [-0.05, 0) is 32.0 Å². The second-order valence-corrected chi connectivity index (χ2v) is 5.84. The first-order valence-electron chi connectivity index (χ1n) is 7.55. The summed E-state index contributed by atoms with van der Waals surface area (Å²) in [5.41, 5.74) is 2.01. The van der Waals surface area contributed by atoms with Gasteiger partial charge in [-0.2, -0.15) is 0 Å². The maximum absolute atomic E-state index is 12.4. The number of carbonyl (C=O) groups is 1. The number of rotatable bonds is 2. The third-order valence-corrected chi connectivity index (χ3v) is 4.45. The van der Waals surface area contributed by atoms with E-state index in [2.05, 4.69) is 10.2 Å². The third-order valence-electron chi connectivity index (χ3n) is 4.45. The number of nitrogens with zero attached hydrogens (tertiary/aromatic N) is 2. The van der Waals surface area contributed by atoms with Gasteiger partial charge in [0.25, 0.3) is 5.91 Å². The molecule has 3 rings (SSSR count). The maximum Gasteiger partial charge on any atom is 0.253 e. The van der Waals surface area contributed by atoms with E-state index in [0.29, 0.717) is 6.04 Å². The minimum atomic E-state index is 0. The molecule has 2 fully saturated rings. The molecule has 1 aromatic rings. The zero-order valence-corrected chi connectivity index (χ0v) is 13.4. The number of carbonyl (C=O) groups excluding carboxylic acids is 1. The summed E-state index contributed by atoms with van der Waals surface area (Å²) in [6.07, 6.45) is 1.24. The van der Waals surface area contributed by atoms with Crippen LogP contribution in [-0.4, -0.2) is 61.0 Å². The quantitative estimate of drug-likeness (QED) is 0.900. The molecule has 2 aliphatic rings. The van der Waals surface area contributed by atoms with Crippen molar-refractivity contribution in [2.45, 2.75) is 19.4 Å². The molecule has 116 valence electrons. The molecule has 1 unspecified atom stereocenters. The number of piperazine rings is 1. The van der Waals surface area contributed by atoms with Gasteiger partial charge in [-0.25, -0.2) is 0 Å². The van der Waals surface area contributed by atoms with E-state index in [1.807, 2.05) is 36.1 Å². The van der Waals surface area contributed by atoms with Crippen LogP contribution in [0.4, 0.5) is 0 Å². The number of aryl methyl sites for hydroxylation is 1. The van der Waals surface area contributed by atoms with E-state index in [9.17, 15) is 4.79 Å². The van der Waals surface area contributed by atoms with Gasteiger partial charge in [-0.15, -0.1) is 12.4 Å². The predicted molar refractivity (Wildman–Crippen MR) is 87.2 cm³/mol. The normalized spacial score (nSPS) is 22.9. The largest absolute Gasteiger partial charge is 0.336 e. The number of hydrogen-bond acceptors (Lipinski definition) is 3. The van der Waals surface area contributed by atoms with Gasteiger partial charge >= 0.3 is 0 Å². The van der Waals surface area contributed by atoms with Gasteiger partial charge in [0.1, 0.15) is 0 Å². The SMILES string of the molecule is Cc1ccc(C(=O)N2CCN(C3CCNC3)CC2)cc1.Cl. The fourth-order valence-electron chi connectivity index (χ4n) is 3.12. The Morgan fingerprint density at radius 1 is 1.14 bits per heavy atom. The van der Waals surface area contributed by atoms with E-state index in [4.69, 9.17) is 0 Å². The van der Waals surface area contributed by atoms with Crippen molar-refractivity contribution in [1.82, 2.24) is 15.1 Å². The third kappa shape index (κ3) is 3.76. The van der Waals surface area contributed by atoms with Crippen molar-refractivity contribution >= 4 is 18.3 Å². The van der Waals surface area contributed by atoms with Crippen LogP contribution in [-0.2, 0) is 0 Å². The van der Waals surface area contributed by atoms with Gasteiger partial charge in [0.15, 0.2) is 0 Å². The lowest BCUT2D eigenvalue weighted by Crippen LogP contribution is -2.52. The molecule has 2 aliphatic heterocycles. The summed E-state index contributed by atoms with van der Waals surface area (Å²) in [6.45, 7) is 7.99. The van der Waals surface area contributed by atoms with Crippen LogP contribution in [0.1, 0.15) is 22.3 Å². The molecule has 1 amide bonds. The molecular weight excluding hydrogens is 286 g/mol. The van der Waals surface area contributed by atoms with Crippen molar-refractivity contribution in [3.8, 4) is 0 Å². The van der Waals surface area contributed by atoms with Crippen LogP contribution in [0.15, 0.2) is 24.3 Å². The van der Waals surface area contributed by atoms with Gasteiger partial charge in [-0.1, -0.05) is 17.7 Å². The van der Waals surface area contributed by atoms with Gasteiger partial charge in [0.2, 0.25) is 0 Å². The molecule has 0 bridgehead atoms. The number of benzene rings is 1. The Morgan fingerprint density at radius 2 is 1.81 bits per heavy atom. The van der Waals surface area contributed by atoms with Crippen molar-refractivity contribution in [3.05, 3.63) is 35.4 Å². The van der Waals surface area contributed by atoms with Crippen LogP contribution in [0, 0.1) is 6.92 Å². The summed E-state index contributed by atoms with van der Waals surface area (Å²) in [5, 5.41) is 3.41. The molecule has 0 radical (unpaired) electrons. The summed E-state index contributed by atoms with van der Waals surface area (Å²) in [6, 6.07) is 8.56. The van der Waals surface area contributed by atoms with Crippen molar-refractivity contribution in [2.24, 2.45) is 0 Å². The molecule has 1 atom stereocenters. The molecule has 2 heterocycles. The second-order valence-electron chi connectivity index (χ2n) is 5.84. The Bertz CT molecular complexity index is 463. The van der Waals surface area contributed by atoms with Crippen molar-refractivity contribution < 1.29 is 4.79 Å². The zero-order valence-electron chi connectivity index (χ0n) is 12.5. The Kier molecular flexibility index (Phi) is 5.62. The van der Waals surface area contributed by atoms with Crippen LogP contribution >= 0.6 is 12.4 Å². The fraction of sp³-hybridized carbons (Fsp3) is 0.562. The topological polar surface area (TPSA) is 35.6 Å². The average molecular weight is 310 g/mol. The van der Waals surface area contributed by atoms with E-state index in [1.54, 1.807) is 0 Å². The fourth-order valence-corrected chi connectivity index (χ4v) is 3.12. The van der Waals surface area contributed by atoms with E-state index in [-0.39, 0.29) is 18.3 Å². The Morgan fingerprint density at radius 3 is 2.38 bits per heavy atom. The van der Waals surface area contributed by atoms with E-state index in [0.717, 1.165) is 44.8 Å². The second kappa shape index (κ2) is 7.25.